The predicted octanol–water partition coefficient (Wildman–Crippen LogP) is 7.58. The number of ketones is 1. The van der Waals surface area contributed by atoms with Gasteiger partial charge in [-0.15, -0.1) is 0 Å². The molecule has 47 heavy (non-hydrogen) atoms. The van der Waals surface area contributed by atoms with Gasteiger partial charge >= 0.3 is 6.03 Å². The van der Waals surface area contributed by atoms with Gasteiger partial charge in [-0.3, -0.25) is 19.4 Å². The number of rotatable bonds is 11. The van der Waals surface area contributed by atoms with Crippen LogP contribution in [0.15, 0.2) is 152 Å². The molecule has 0 unspecified atom stereocenters. The molecule has 0 aliphatic carbocycles. The molecule has 1 fully saturated rings. The van der Waals surface area contributed by atoms with Crippen LogP contribution in [0.5, 0.6) is 0 Å². The second kappa shape index (κ2) is 14.0. The largest absolute Gasteiger partial charge is 0.327 e. The lowest BCUT2D eigenvalue weighted by molar-refractivity contribution is -0.140. The van der Waals surface area contributed by atoms with Gasteiger partial charge < -0.3 is 4.90 Å². The van der Waals surface area contributed by atoms with Crippen molar-refractivity contribution in [1.29, 1.82) is 0 Å². The Hall–Kier alpha value is -5.33. The zero-order valence-electron chi connectivity index (χ0n) is 26.8. The Balaban J connectivity index is 1.62. The summed E-state index contributed by atoms with van der Waals surface area (Å²) in [4.78, 5) is 50.4. The van der Waals surface area contributed by atoms with Gasteiger partial charge in [-0.2, -0.15) is 0 Å². The Labute approximate surface area is 276 Å². The topological polar surface area (TPSA) is 60.9 Å². The number of nitrogens with zero attached hydrogens (tertiary/aromatic N) is 3. The molecular formula is C41H39N3O3. The molecule has 5 aromatic rings. The van der Waals surface area contributed by atoms with E-state index in [1.165, 1.54) is 4.90 Å². The summed E-state index contributed by atoms with van der Waals surface area (Å²) in [7, 11) is 1.72. The molecule has 1 aliphatic heterocycles. The molecule has 6 heteroatoms. The Morgan fingerprint density at radius 1 is 0.638 bits per heavy atom. The van der Waals surface area contributed by atoms with Gasteiger partial charge in [0, 0.05) is 32.1 Å². The SMILES string of the molecule is C[C@H]1[C@@H](c2ccccc2)N(C(=O)[C@](Cc2ccccc2)(C(=O)c2ccccc2)N(Cc2ccccc2)Cc2ccccc2)C(=O)N1C. The first kappa shape index (κ1) is 31.6. The van der Waals surface area contributed by atoms with E-state index < -0.39 is 23.5 Å². The monoisotopic (exact) mass is 621 g/mol. The van der Waals surface area contributed by atoms with Crippen molar-refractivity contribution in [3.63, 3.8) is 0 Å². The second-order valence-corrected chi connectivity index (χ2v) is 12.2. The summed E-state index contributed by atoms with van der Waals surface area (Å²) in [5, 5.41) is 0. The Kier molecular flexibility index (Phi) is 9.41. The average molecular weight is 622 g/mol. The van der Waals surface area contributed by atoms with Crippen molar-refractivity contribution in [3.05, 3.63) is 179 Å². The molecule has 1 heterocycles. The molecule has 3 amide bonds. The highest BCUT2D eigenvalue weighted by molar-refractivity contribution is 6.21. The Bertz CT molecular complexity index is 1760. The first-order valence-corrected chi connectivity index (χ1v) is 16.0. The molecule has 3 atom stereocenters. The third-order valence-electron chi connectivity index (χ3n) is 9.25. The van der Waals surface area contributed by atoms with E-state index in [4.69, 9.17) is 0 Å². The van der Waals surface area contributed by atoms with E-state index in [1.54, 1.807) is 24.1 Å². The van der Waals surface area contributed by atoms with Crippen molar-refractivity contribution in [2.45, 2.75) is 44.1 Å². The van der Waals surface area contributed by atoms with Gasteiger partial charge in [0.25, 0.3) is 5.91 Å². The molecule has 5 aromatic carbocycles. The number of Topliss-reactive ketones (excluding diaryl/α,β-unsaturated/α-hetero) is 1. The van der Waals surface area contributed by atoms with E-state index in [0.717, 1.165) is 22.3 Å². The number of urea groups is 1. The fourth-order valence-electron chi connectivity index (χ4n) is 6.68. The van der Waals surface area contributed by atoms with Crippen LogP contribution in [-0.2, 0) is 24.3 Å². The fraction of sp³-hybridized carbons (Fsp3) is 0.195. The molecule has 0 bridgehead atoms. The summed E-state index contributed by atoms with van der Waals surface area (Å²) in [6.45, 7) is 2.55. The molecule has 236 valence electrons. The maximum absolute atomic E-state index is 15.8. The molecular weight excluding hydrogens is 582 g/mol. The minimum absolute atomic E-state index is 0.0729. The lowest BCUT2D eigenvalue weighted by Crippen LogP contribution is -2.65. The van der Waals surface area contributed by atoms with Crippen LogP contribution in [0.3, 0.4) is 0 Å². The lowest BCUT2D eigenvalue weighted by Gasteiger charge is -2.44. The Morgan fingerprint density at radius 3 is 1.55 bits per heavy atom. The molecule has 0 radical (unpaired) electrons. The highest BCUT2D eigenvalue weighted by atomic mass is 16.2. The standard InChI is InChI=1S/C41H39N3O3/c1-31-37(35-24-14-6-15-25-35)44(40(47)42(31)2)39(46)41(28-32-18-8-3-9-19-32,38(45)36-26-16-7-17-27-36)43(29-33-20-10-4-11-21-33)30-34-22-12-5-13-23-34/h3-27,31,37H,28-30H2,1-2H3/t31-,37-,41-/m0/s1. The smallest absolute Gasteiger partial charge is 0.322 e. The number of hydrogen-bond acceptors (Lipinski definition) is 4. The summed E-state index contributed by atoms with van der Waals surface area (Å²) < 4.78 is 0. The van der Waals surface area contributed by atoms with Gasteiger partial charge in [-0.1, -0.05) is 152 Å². The van der Waals surface area contributed by atoms with Crippen LogP contribution in [0, 0.1) is 0 Å². The summed E-state index contributed by atoms with van der Waals surface area (Å²) >= 11 is 0. The summed E-state index contributed by atoms with van der Waals surface area (Å²) in [5.74, 6) is -0.877. The summed E-state index contributed by atoms with van der Waals surface area (Å²) in [6.07, 6.45) is 0.0729. The number of imide groups is 1. The van der Waals surface area contributed by atoms with Crippen molar-refractivity contribution in [2.24, 2.45) is 0 Å². The van der Waals surface area contributed by atoms with Crippen LogP contribution in [-0.4, -0.2) is 51.0 Å². The molecule has 0 saturated carbocycles. The number of carbonyl (C=O) groups is 3. The molecule has 1 aliphatic rings. The highest BCUT2D eigenvalue weighted by Gasteiger charge is 2.58. The van der Waals surface area contributed by atoms with Crippen molar-refractivity contribution in [3.8, 4) is 0 Å². The minimum atomic E-state index is -1.79. The van der Waals surface area contributed by atoms with E-state index in [2.05, 4.69) is 0 Å². The first-order chi connectivity index (χ1) is 22.9. The quantitative estimate of drug-likeness (QED) is 0.113. The van der Waals surface area contributed by atoms with Gasteiger partial charge in [0.2, 0.25) is 0 Å². The molecule has 6 rings (SSSR count). The summed E-state index contributed by atoms with van der Waals surface area (Å²) in [6, 6.07) is 46.7. The van der Waals surface area contributed by atoms with E-state index in [1.807, 2.05) is 151 Å². The molecule has 1 saturated heterocycles. The van der Waals surface area contributed by atoms with Crippen molar-refractivity contribution >= 4 is 17.7 Å². The second-order valence-electron chi connectivity index (χ2n) is 12.2. The van der Waals surface area contributed by atoms with Crippen molar-refractivity contribution in [2.75, 3.05) is 7.05 Å². The zero-order chi connectivity index (χ0) is 32.8. The third-order valence-corrected chi connectivity index (χ3v) is 9.25. The van der Waals surface area contributed by atoms with E-state index in [0.29, 0.717) is 18.7 Å². The van der Waals surface area contributed by atoms with Crippen LogP contribution in [0.1, 0.15) is 45.6 Å². The van der Waals surface area contributed by atoms with Crippen LogP contribution in [0.25, 0.3) is 0 Å². The lowest BCUT2D eigenvalue weighted by atomic mass is 9.79. The maximum atomic E-state index is 15.8. The molecule has 6 nitrogen and oxygen atoms in total. The van der Waals surface area contributed by atoms with Crippen LogP contribution in [0.2, 0.25) is 0 Å². The minimum Gasteiger partial charge on any atom is -0.322 e. The zero-order valence-corrected chi connectivity index (χ0v) is 26.8. The molecule has 0 aromatic heterocycles. The first-order valence-electron chi connectivity index (χ1n) is 16.0. The molecule has 0 N–H and O–H groups in total. The van der Waals surface area contributed by atoms with Crippen LogP contribution < -0.4 is 0 Å². The molecule has 0 spiro atoms. The van der Waals surface area contributed by atoms with Crippen molar-refractivity contribution < 1.29 is 14.4 Å². The van der Waals surface area contributed by atoms with E-state index >= 15 is 9.59 Å². The average Bonchev–Trinajstić information content (AvgIpc) is 3.35. The van der Waals surface area contributed by atoms with Gasteiger partial charge in [0.15, 0.2) is 11.3 Å². The van der Waals surface area contributed by atoms with Gasteiger partial charge in [-0.05, 0) is 29.2 Å². The Morgan fingerprint density at radius 2 is 1.06 bits per heavy atom. The van der Waals surface area contributed by atoms with Crippen molar-refractivity contribution in [1.82, 2.24) is 14.7 Å². The van der Waals surface area contributed by atoms with E-state index in [-0.39, 0.29) is 18.2 Å². The van der Waals surface area contributed by atoms with E-state index in [9.17, 15) is 4.79 Å². The normalized spacial score (nSPS) is 17.5. The predicted molar refractivity (Wildman–Crippen MR) is 184 cm³/mol. The fourth-order valence-corrected chi connectivity index (χ4v) is 6.68. The number of amides is 3. The van der Waals surface area contributed by atoms with Crippen LogP contribution in [0.4, 0.5) is 4.79 Å². The maximum Gasteiger partial charge on any atom is 0.327 e. The number of hydrogen-bond donors (Lipinski definition) is 0. The highest BCUT2D eigenvalue weighted by Crippen LogP contribution is 2.40. The van der Waals surface area contributed by atoms with Crippen LogP contribution >= 0.6 is 0 Å². The third kappa shape index (κ3) is 6.38. The van der Waals surface area contributed by atoms with Gasteiger partial charge in [-0.25, -0.2) is 4.79 Å². The summed E-state index contributed by atoms with van der Waals surface area (Å²) in [5.41, 5.74) is 2.18. The number of likely N-dealkylation sites (N-methyl/N-ethyl adjacent to an activating group) is 1. The van der Waals surface area contributed by atoms with Gasteiger partial charge in [0.1, 0.15) is 0 Å². The van der Waals surface area contributed by atoms with Gasteiger partial charge in [0.05, 0.1) is 12.1 Å². The number of benzene rings is 5. The number of carbonyl (C=O) groups excluding carboxylic acids is 3.